The number of hydrogen-bond acceptors (Lipinski definition) is 4. The van der Waals surface area contributed by atoms with Crippen LogP contribution in [0.3, 0.4) is 0 Å². The summed E-state index contributed by atoms with van der Waals surface area (Å²) in [6.45, 7) is 7.45. The number of rotatable bonds is 6. The number of amides is 2. The maximum absolute atomic E-state index is 12.0. The highest BCUT2D eigenvalue weighted by Crippen LogP contribution is 2.08. The van der Waals surface area contributed by atoms with Gasteiger partial charge in [0, 0.05) is 7.05 Å². The van der Waals surface area contributed by atoms with Crippen LogP contribution < -0.4 is 5.32 Å². The molecule has 0 fully saturated rings. The molecule has 1 N–H and O–H groups in total. The Hall–Kier alpha value is -1.30. The zero-order chi connectivity index (χ0) is 14.3. The molecule has 18 heavy (non-hydrogen) atoms. The number of carbonyl (C=O) groups is 2. The van der Waals surface area contributed by atoms with Crippen LogP contribution in [0.1, 0.15) is 34.1 Å². The van der Waals surface area contributed by atoms with E-state index in [0.717, 1.165) is 5.06 Å². The van der Waals surface area contributed by atoms with Crippen molar-refractivity contribution in [3.8, 4) is 0 Å². The molecule has 2 amide bonds. The number of hydrogen-bond donors (Lipinski definition) is 1. The van der Waals surface area contributed by atoms with Crippen molar-refractivity contribution in [3.63, 3.8) is 0 Å². The van der Waals surface area contributed by atoms with Gasteiger partial charge in [-0.15, -0.1) is 0 Å². The van der Waals surface area contributed by atoms with Crippen LogP contribution in [-0.4, -0.2) is 43.4 Å². The fraction of sp³-hybridized carbons (Fsp3) is 0.833. The van der Waals surface area contributed by atoms with Crippen LogP contribution in [0, 0.1) is 5.92 Å². The number of hydroxylamine groups is 2. The standard InChI is InChI=1S/C12H24N2O4/c1-8(2)7-10(11(15)14(5)17-6)13-12(16)18-9(3)4/h8-10H,7H2,1-6H3,(H,13,16). The summed E-state index contributed by atoms with van der Waals surface area (Å²) in [5, 5.41) is 3.66. The van der Waals surface area contributed by atoms with Gasteiger partial charge in [-0.05, 0) is 26.2 Å². The molecule has 0 spiro atoms. The Labute approximate surface area is 109 Å². The smallest absolute Gasteiger partial charge is 0.408 e. The summed E-state index contributed by atoms with van der Waals surface area (Å²) in [7, 11) is 2.90. The van der Waals surface area contributed by atoms with Gasteiger partial charge in [-0.25, -0.2) is 9.86 Å². The minimum Gasteiger partial charge on any atom is -0.447 e. The van der Waals surface area contributed by atoms with Crippen LogP contribution in [0.4, 0.5) is 4.79 Å². The molecule has 0 saturated carbocycles. The lowest BCUT2D eigenvalue weighted by molar-refractivity contribution is -0.171. The normalized spacial score (nSPS) is 12.4. The molecular formula is C12H24N2O4. The van der Waals surface area contributed by atoms with Crippen LogP contribution in [0.15, 0.2) is 0 Å². The second-order valence-electron chi connectivity index (χ2n) is 4.80. The van der Waals surface area contributed by atoms with Crippen LogP contribution >= 0.6 is 0 Å². The highest BCUT2D eigenvalue weighted by atomic mass is 16.7. The quantitative estimate of drug-likeness (QED) is 0.736. The average Bonchev–Trinajstić information content (AvgIpc) is 2.24. The number of alkyl carbamates (subject to hydrolysis) is 1. The molecule has 0 aliphatic heterocycles. The Kier molecular flexibility index (Phi) is 7.35. The van der Waals surface area contributed by atoms with Gasteiger partial charge in [-0.2, -0.15) is 0 Å². The van der Waals surface area contributed by atoms with Crippen LogP contribution in [0.2, 0.25) is 0 Å². The van der Waals surface area contributed by atoms with E-state index in [0.29, 0.717) is 6.42 Å². The summed E-state index contributed by atoms with van der Waals surface area (Å²) in [6, 6.07) is -0.638. The van der Waals surface area contributed by atoms with E-state index in [4.69, 9.17) is 9.57 Å². The molecule has 0 rings (SSSR count). The van der Waals surface area contributed by atoms with Gasteiger partial charge in [-0.1, -0.05) is 13.8 Å². The van der Waals surface area contributed by atoms with Crippen LogP contribution in [0.25, 0.3) is 0 Å². The molecule has 0 aromatic carbocycles. The Bertz CT molecular complexity index is 279. The Morgan fingerprint density at radius 1 is 1.22 bits per heavy atom. The molecule has 1 unspecified atom stereocenters. The molecule has 0 aromatic heterocycles. The Morgan fingerprint density at radius 3 is 2.17 bits per heavy atom. The Balaban J connectivity index is 4.58. The highest BCUT2D eigenvalue weighted by Gasteiger charge is 2.25. The van der Waals surface area contributed by atoms with E-state index in [9.17, 15) is 9.59 Å². The van der Waals surface area contributed by atoms with Crippen molar-refractivity contribution in [2.24, 2.45) is 5.92 Å². The van der Waals surface area contributed by atoms with Gasteiger partial charge in [0.05, 0.1) is 13.2 Å². The van der Waals surface area contributed by atoms with E-state index < -0.39 is 12.1 Å². The highest BCUT2D eigenvalue weighted by molar-refractivity contribution is 5.84. The molecule has 0 bridgehead atoms. The van der Waals surface area contributed by atoms with E-state index in [2.05, 4.69) is 5.32 Å². The molecule has 0 heterocycles. The first-order chi connectivity index (χ1) is 8.27. The van der Waals surface area contributed by atoms with Crippen molar-refractivity contribution in [2.75, 3.05) is 14.2 Å². The molecule has 106 valence electrons. The van der Waals surface area contributed by atoms with Gasteiger partial charge in [0.25, 0.3) is 5.91 Å². The molecule has 0 saturated heterocycles. The molecule has 0 aromatic rings. The third-order valence-corrected chi connectivity index (χ3v) is 2.22. The fourth-order valence-corrected chi connectivity index (χ4v) is 1.39. The summed E-state index contributed by atoms with van der Waals surface area (Å²) in [4.78, 5) is 28.3. The van der Waals surface area contributed by atoms with Crippen LogP contribution in [0.5, 0.6) is 0 Å². The molecule has 6 heteroatoms. The summed E-state index contributed by atoms with van der Waals surface area (Å²) >= 11 is 0. The molecule has 1 atom stereocenters. The summed E-state index contributed by atoms with van der Waals surface area (Å²) < 4.78 is 4.96. The number of nitrogens with zero attached hydrogens (tertiary/aromatic N) is 1. The maximum atomic E-state index is 12.0. The molecular weight excluding hydrogens is 236 g/mol. The Morgan fingerprint density at radius 2 is 1.78 bits per heavy atom. The van der Waals surface area contributed by atoms with Crippen molar-refractivity contribution in [3.05, 3.63) is 0 Å². The average molecular weight is 260 g/mol. The van der Waals surface area contributed by atoms with Crippen molar-refractivity contribution < 1.29 is 19.2 Å². The van der Waals surface area contributed by atoms with Gasteiger partial charge >= 0.3 is 6.09 Å². The van der Waals surface area contributed by atoms with Gasteiger partial charge in [0.15, 0.2) is 0 Å². The zero-order valence-corrected chi connectivity index (χ0v) is 12.0. The van der Waals surface area contributed by atoms with Gasteiger partial charge in [0.1, 0.15) is 6.04 Å². The van der Waals surface area contributed by atoms with Crippen molar-refractivity contribution in [2.45, 2.75) is 46.3 Å². The van der Waals surface area contributed by atoms with Gasteiger partial charge in [0.2, 0.25) is 0 Å². The number of ether oxygens (including phenoxy) is 1. The first-order valence-corrected chi connectivity index (χ1v) is 6.06. The van der Waals surface area contributed by atoms with Crippen molar-refractivity contribution in [1.29, 1.82) is 0 Å². The summed E-state index contributed by atoms with van der Waals surface area (Å²) in [5.74, 6) is -0.0320. The minimum absolute atomic E-state index is 0.222. The maximum Gasteiger partial charge on any atom is 0.408 e. The number of nitrogens with one attached hydrogen (secondary N) is 1. The third-order valence-electron chi connectivity index (χ3n) is 2.22. The van der Waals surface area contributed by atoms with E-state index in [-0.39, 0.29) is 17.9 Å². The van der Waals surface area contributed by atoms with E-state index in [1.807, 2.05) is 13.8 Å². The largest absolute Gasteiger partial charge is 0.447 e. The number of likely N-dealkylation sites (N-methyl/N-ethyl adjacent to an activating group) is 1. The lowest BCUT2D eigenvalue weighted by Gasteiger charge is -2.24. The summed E-state index contributed by atoms with van der Waals surface area (Å²) in [6.07, 6.45) is -0.284. The van der Waals surface area contributed by atoms with Gasteiger partial charge in [-0.3, -0.25) is 9.63 Å². The van der Waals surface area contributed by atoms with E-state index in [1.165, 1.54) is 14.2 Å². The third kappa shape index (κ3) is 6.44. The van der Waals surface area contributed by atoms with Crippen molar-refractivity contribution >= 4 is 12.0 Å². The second kappa shape index (κ2) is 7.92. The minimum atomic E-state index is -0.638. The fourth-order valence-electron chi connectivity index (χ4n) is 1.39. The molecule has 0 aliphatic rings. The van der Waals surface area contributed by atoms with Crippen molar-refractivity contribution in [1.82, 2.24) is 10.4 Å². The molecule has 0 aliphatic carbocycles. The predicted octanol–water partition coefficient (Wildman–Crippen LogP) is 1.56. The lowest BCUT2D eigenvalue weighted by Crippen LogP contribution is -2.48. The molecule has 0 radical (unpaired) electrons. The first-order valence-electron chi connectivity index (χ1n) is 6.06. The van der Waals surface area contributed by atoms with E-state index >= 15 is 0 Å². The first kappa shape index (κ1) is 16.7. The second-order valence-corrected chi connectivity index (χ2v) is 4.80. The predicted molar refractivity (Wildman–Crippen MR) is 67.8 cm³/mol. The SMILES string of the molecule is CON(C)C(=O)C(CC(C)C)NC(=O)OC(C)C. The monoisotopic (exact) mass is 260 g/mol. The van der Waals surface area contributed by atoms with Crippen LogP contribution in [-0.2, 0) is 14.4 Å². The summed E-state index contributed by atoms with van der Waals surface area (Å²) in [5.41, 5.74) is 0. The lowest BCUT2D eigenvalue weighted by atomic mass is 10.0. The zero-order valence-electron chi connectivity index (χ0n) is 12.0. The topological polar surface area (TPSA) is 67.9 Å². The molecule has 6 nitrogen and oxygen atoms in total. The van der Waals surface area contributed by atoms with Gasteiger partial charge < -0.3 is 10.1 Å². The van der Waals surface area contributed by atoms with E-state index in [1.54, 1.807) is 13.8 Å². The number of carbonyl (C=O) groups excluding carboxylic acids is 2.